The predicted octanol–water partition coefficient (Wildman–Crippen LogP) is 4.01. The Morgan fingerprint density at radius 2 is 1.43 bits per heavy atom. The van der Waals surface area contributed by atoms with Crippen molar-refractivity contribution >= 4 is 0 Å². The first kappa shape index (κ1) is 11.7. The molecule has 1 atom stereocenters. The molecule has 0 radical (unpaired) electrons. The molecule has 0 bridgehead atoms. The third-order valence-electron chi connectivity index (χ3n) is 2.81. The van der Waals surface area contributed by atoms with Crippen molar-refractivity contribution in [2.24, 2.45) is 11.8 Å². The Kier molecular flexibility index (Phi) is 3.72. The Hall–Kier alpha value is -0.350. The molecule has 0 heterocycles. The second-order valence-electron chi connectivity index (χ2n) is 3.80. The molecule has 1 unspecified atom stereocenters. The molecular formula is C9H13F5. The molecule has 84 valence electrons. The van der Waals surface area contributed by atoms with Crippen molar-refractivity contribution in [2.75, 3.05) is 0 Å². The minimum absolute atomic E-state index is 0.286. The van der Waals surface area contributed by atoms with Gasteiger partial charge in [-0.05, 0) is 18.8 Å². The van der Waals surface area contributed by atoms with E-state index in [0.717, 1.165) is 6.42 Å². The monoisotopic (exact) mass is 216 g/mol. The highest BCUT2D eigenvalue weighted by atomic mass is 19.4. The first-order chi connectivity index (χ1) is 6.43. The summed E-state index contributed by atoms with van der Waals surface area (Å²) in [6, 6.07) is 0. The molecular weight excluding hydrogens is 203 g/mol. The summed E-state index contributed by atoms with van der Waals surface area (Å²) in [6.07, 6.45) is -5.31. The summed E-state index contributed by atoms with van der Waals surface area (Å²) in [5.41, 5.74) is 0. The average Bonchev–Trinajstić information content (AvgIpc) is 2.02. The molecule has 0 aliphatic heterocycles. The van der Waals surface area contributed by atoms with Crippen molar-refractivity contribution in [3.63, 3.8) is 0 Å². The summed E-state index contributed by atoms with van der Waals surface area (Å²) in [5, 5.41) is 0. The lowest BCUT2D eigenvalue weighted by Gasteiger charge is -2.30. The Morgan fingerprint density at radius 1 is 0.929 bits per heavy atom. The third kappa shape index (κ3) is 2.82. The van der Waals surface area contributed by atoms with E-state index >= 15 is 0 Å². The summed E-state index contributed by atoms with van der Waals surface area (Å²) < 4.78 is 61.3. The molecule has 0 N–H and O–H groups in total. The van der Waals surface area contributed by atoms with E-state index in [4.69, 9.17) is 0 Å². The van der Waals surface area contributed by atoms with Gasteiger partial charge in [-0.25, -0.2) is 8.78 Å². The van der Waals surface area contributed by atoms with Gasteiger partial charge in [-0.1, -0.05) is 19.3 Å². The highest BCUT2D eigenvalue weighted by molar-refractivity contribution is 4.80. The molecule has 0 spiro atoms. The maximum absolute atomic E-state index is 12.3. The van der Waals surface area contributed by atoms with Crippen molar-refractivity contribution < 1.29 is 22.0 Å². The lowest BCUT2D eigenvalue weighted by molar-refractivity contribution is -0.225. The van der Waals surface area contributed by atoms with Gasteiger partial charge in [0.05, 0.1) is 0 Å². The Labute approximate surface area is 79.5 Å². The molecule has 5 heteroatoms. The maximum Gasteiger partial charge on any atom is 0.397 e. The van der Waals surface area contributed by atoms with E-state index in [9.17, 15) is 22.0 Å². The van der Waals surface area contributed by atoms with E-state index < -0.39 is 24.4 Å². The van der Waals surface area contributed by atoms with Crippen molar-refractivity contribution in [2.45, 2.75) is 44.7 Å². The molecule has 0 aromatic heterocycles. The molecule has 0 amide bonds. The van der Waals surface area contributed by atoms with Gasteiger partial charge in [0.2, 0.25) is 6.43 Å². The molecule has 1 aliphatic rings. The van der Waals surface area contributed by atoms with Gasteiger partial charge < -0.3 is 0 Å². The number of hydrogen-bond donors (Lipinski definition) is 0. The number of halogens is 5. The fraction of sp³-hybridized carbons (Fsp3) is 1.00. The topological polar surface area (TPSA) is 0 Å². The van der Waals surface area contributed by atoms with E-state index in [1.54, 1.807) is 0 Å². The van der Waals surface area contributed by atoms with Gasteiger partial charge in [0.25, 0.3) is 0 Å². The number of rotatable bonds is 2. The van der Waals surface area contributed by atoms with E-state index in [2.05, 4.69) is 0 Å². The zero-order valence-corrected chi connectivity index (χ0v) is 7.66. The lowest BCUT2D eigenvalue weighted by Crippen LogP contribution is -2.37. The summed E-state index contributed by atoms with van der Waals surface area (Å²) in [6.45, 7) is 0. The van der Waals surface area contributed by atoms with Crippen LogP contribution >= 0.6 is 0 Å². The van der Waals surface area contributed by atoms with Crippen LogP contribution in [0.15, 0.2) is 0 Å². The van der Waals surface area contributed by atoms with Crippen LogP contribution in [0.2, 0.25) is 0 Å². The summed E-state index contributed by atoms with van der Waals surface area (Å²) in [4.78, 5) is 0. The minimum Gasteiger partial charge on any atom is -0.210 e. The largest absolute Gasteiger partial charge is 0.397 e. The normalized spacial score (nSPS) is 22.7. The maximum atomic E-state index is 12.3. The summed E-state index contributed by atoms with van der Waals surface area (Å²) >= 11 is 0. The number of alkyl halides is 5. The Morgan fingerprint density at radius 3 is 1.79 bits per heavy atom. The van der Waals surface area contributed by atoms with Crippen LogP contribution in [0, 0.1) is 11.8 Å². The van der Waals surface area contributed by atoms with Crippen molar-refractivity contribution in [3.05, 3.63) is 0 Å². The van der Waals surface area contributed by atoms with Crippen LogP contribution in [-0.4, -0.2) is 12.6 Å². The zero-order chi connectivity index (χ0) is 10.8. The highest BCUT2D eigenvalue weighted by Crippen LogP contribution is 2.42. The molecule has 0 aromatic carbocycles. The standard InChI is InChI=1S/C9H13F5/c10-8(11)7(9(12,13)14)6-4-2-1-3-5-6/h6-8H,1-5H2. The fourth-order valence-electron chi connectivity index (χ4n) is 2.11. The van der Waals surface area contributed by atoms with Crippen LogP contribution in [0.5, 0.6) is 0 Å². The Balaban J connectivity index is 2.66. The quantitative estimate of drug-likeness (QED) is 0.612. The zero-order valence-electron chi connectivity index (χ0n) is 7.66. The summed E-state index contributed by atoms with van der Waals surface area (Å²) in [7, 11) is 0. The molecule has 1 fully saturated rings. The van der Waals surface area contributed by atoms with Crippen LogP contribution in [0.3, 0.4) is 0 Å². The third-order valence-corrected chi connectivity index (χ3v) is 2.81. The lowest BCUT2D eigenvalue weighted by atomic mass is 9.80. The van der Waals surface area contributed by atoms with Gasteiger partial charge >= 0.3 is 6.18 Å². The Bertz CT molecular complexity index is 169. The van der Waals surface area contributed by atoms with Gasteiger partial charge in [0, 0.05) is 0 Å². The van der Waals surface area contributed by atoms with Crippen molar-refractivity contribution in [1.29, 1.82) is 0 Å². The van der Waals surface area contributed by atoms with E-state index in [0.29, 0.717) is 12.8 Å². The van der Waals surface area contributed by atoms with Crippen LogP contribution in [-0.2, 0) is 0 Å². The first-order valence-corrected chi connectivity index (χ1v) is 4.78. The molecule has 1 aliphatic carbocycles. The molecule has 0 aromatic rings. The van der Waals surface area contributed by atoms with E-state index in [1.807, 2.05) is 0 Å². The van der Waals surface area contributed by atoms with Crippen LogP contribution in [0.1, 0.15) is 32.1 Å². The van der Waals surface area contributed by atoms with E-state index in [1.165, 1.54) is 0 Å². The summed E-state index contributed by atoms with van der Waals surface area (Å²) in [5.74, 6) is -3.29. The van der Waals surface area contributed by atoms with E-state index in [-0.39, 0.29) is 12.8 Å². The molecule has 0 nitrogen and oxygen atoms in total. The molecule has 14 heavy (non-hydrogen) atoms. The smallest absolute Gasteiger partial charge is 0.210 e. The van der Waals surface area contributed by atoms with Gasteiger partial charge in [-0.15, -0.1) is 0 Å². The van der Waals surface area contributed by atoms with Gasteiger partial charge in [0.1, 0.15) is 5.92 Å². The second kappa shape index (κ2) is 4.45. The SMILES string of the molecule is FC(F)C(C1CCCCC1)C(F)(F)F. The second-order valence-corrected chi connectivity index (χ2v) is 3.80. The molecule has 1 saturated carbocycles. The number of hydrogen-bond acceptors (Lipinski definition) is 0. The van der Waals surface area contributed by atoms with Gasteiger partial charge in [-0.2, -0.15) is 13.2 Å². The predicted molar refractivity (Wildman–Crippen MR) is 42.1 cm³/mol. The van der Waals surface area contributed by atoms with Gasteiger partial charge in [0.15, 0.2) is 0 Å². The van der Waals surface area contributed by atoms with Crippen LogP contribution in [0.4, 0.5) is 22.0 Å². The minimum atomic E-state index is -4.75. The molecule has 0 saturated heterocycles. The van der Waals surface area contributed by atoms with Gasteiger partial charge in [-0.3, -0.25) is 0 Å². The fourth-order valence-corrected chi connectivity index (χ4v) is 2.11. The average molecular weight is 216 g/mol. The first-order valence-electron chi connectivity index (χ1n) is 4.78. The van der Waals surface area contributed by atoms with Crippen molar-refractivity contribution in [3.8, 4) is 0 Å². The van der Waals surface area contributed by atoms with Crippen molar-refractivity contribution in [1.82, 2.24) is 0 Å². The highest BCUT2D eigenvalue weighted by Gasteiger charge is 2.50. The van der Waals surface area contributed by atoms with Crippen LogP contribution in [0.25, 0.3) is 0 Å². The van der Waals surface area contributed by atoms with Crippen LogP contribution < -0.4 is 0 Å². The molecule has 1 rings (SSSR count).